The molecule has 0 aromatic heterocycles. The highest BCUT2D eigenvalue weighted by molar-refractivity contribution is 7.80. The van der Waals surface area contributed by atoms with Crippen LogP contribution in [0.2, 0.25) is 0 Å². The summed E-state index contributed by atoms with van der Waals surface area (Å²) < 4.78 is 58.9. The third kappa shape index (κ3) is 33.7. The summed E-state index contributed by atoms with van der Waals surface area (Å²) in [6, 6.07) is 0. The fourth-order valence-electron chi connectivity index (χ4n) is 5.90. The van der Waals surface area contributed by atoms with Crippen molar-refractivity contribution in [1.82, 2.24) is 0 Å². The van der Waals surface area contributed by atoms with Crippen LogP contribution < -0.4 is 0 Å². The Bertz CT molecular complexity index is 1620. The van der Waals surface area contributed by atoms with Crippen molar-refractivity contribution in [1.29, 1.82) is 0 Å². The largest absolute Gasteiger partial charge is 0.457 e. The number of hydrogen-bond acceptors (Lipinski definition) is 11. The number of hydrogen-bond donors (Lipinski definition) is 4. The van der Waals surface area contributed by atoms with Crippen LogP contribution in [0.3, 0.4) is 0 Å². The molecule has 4 N–H and O–H groups in total. The monoisotopic (exact) mass is 915 g/mol. The first-order chi connectivity index (χ1) is 31.1. The van der Waals surface area contributed by atoms with Gasteiger partial charge in [-0.25, -0.2) is 4.18 Å². The molecule has 0 radical (unpaired) electrons. The van der Waals surface area contributed by atoms with Crippen molar-refractivity contribution in [2.45, 2.75) is 153 Å². The number of aliphatic hydroxyl groups is 3. The molecule has 1 aliphatic rings. The van der Waals surface area contributed by atoms with E-state index in [4.69, 9.17) is 23.5 Å². The van der Waals surface area contributed by atoms with Gasteiger partial charge in [-0.1, -0.05) is 148 Å². The third-order valence-electron chi connectivity index (χ3n) is 9.27. The first-order valence-electron chi connectivity index (χ1n) is 22.9. The van der Waals surface area contributed by atoms with Gasteiger partial charge in [0.25, 0.3) is 0 Å². The number of esters is 1. The van der Waals surface area contributed by atoms with E-state index in [0.29, 0.717) is 19.4 Å². The van der Waals surface area contributed by atoms with Crippen molar-refractivity contribution >= 4 is 16.4 Å². The van der Waals surface area contributed by atoms with E-state index in [1.807, 2.05) is 6.08 Å². The van der Waals surface area contributed by atoms with Crippen LogP contribution in [0, 0.1) is 0 Å². The van der Waals surface area contributed by atoms with Gasteiger partial charge in [-0.3, -0.25) is 9.35 Å². The zero-order valence-electron chi connectivity index (χ0n) is 38.3. The van der Waals surface area contributed by atoms with Crippen molar-refractivity contribution in [3.05, 3.63) is 134 Å². The fourth-order valence-corrected chi connectivity index (χ4v) is 6.41. The first-order valence-corrected chi connectivity index (χ1v) is 24.3. The SMILES string of the molecule is CC/C=C\C/C=C\C/C=C\C/C=C\C/C=C\C/C=C\C/C=C\CCCC(=O)OC(COCCC/C=C\C/C=C\C/C=C\C/C=C\CC)COC1OC(CO)C(O)C(OS(=O)(=O)O)C1O. The number of carbonyl (C=O) groups is 1. The van der Waals surface area contributed by atoms with Gasteiger partial charge < -0.3 is 34.3 Å². The second-order valence-corrected chi connectivity index (χ2v) is 15.9. The van der Waals surface area contributed by atoms with Gasteiger partial charge in [-0.05, 0) is 96.3 Å². The predicted molar refractivity (Wildman–Crippen MR) is 257 cm³/mol. The lowest BCUT2D eigenvalue weighted by atomic mass is 9.99. The molecular formula is C51H78O12S. The van der Waals surface area contributed by atoms with Gasteiger partial charge >= 0.3 is 16.4 Å². The minimum absolute atomic E-state index is 0.0361. The van der Waals surface area contributed by atoms with E-state index in [2.05, 4.69) is 146 Å². The van der Waals surface area contributed by atoms with Gasteiger partial charge in [0.05, 0.1) is 19.8 Å². The van der Waals surface area contributed by atoms with Crippen LogP contribution in [-0.2, 0) is 38.3 Å². The van der Waals surface area contributed by atoms with Crippen LogP contribution in [-0.4, -0.2) is 97.5 Å². The minimum Gasteiger partial charge on any atom is -0.457 e. The molecule has 13 heteroatoms. The topological polar surface area (TPSA) is 178 Å². The molecule has 6 atom stereocenters. The third-order valence-corrected chi connectivity index (χ3v) is 9.73. The molecule has 64 heavy (non-hydrogen) atoms. The average molecular weight is 915 g/mol. The van der Waals surface area contributed by atoms with Crippen molar-refractivity contribution in [2.75, 3.05) is 26.4 Å². The van der Waals surface area contributed by atoms with E-state index in [1.54, 1.807) is 0 Å². The van der Waals surface area contributed by atoms with Crippen molar-refractivity contribution in [2.24, 2.45) is 0 Å². The molecule has 360 valence electrons. The molecular weight excluding hydrogens is 837 g/mol. The highest BCUT2D eigenvalue weighted by atomic mass is 32.3. The van der Waals surface area contributed by atoms with E-state index < -0.39 is 59.8 Å². The van der Waals surface area contributed by atoms with Gasteiger partial charge in [0, 0.05) is 13.0 Å². The fraction of sp³-hybridized carbons (Fsp3) is 0.549. The van der Waals surface area contributed by atoms with Crippen LogP contribution in [0.25, 0.3) is 0 Å². The Balaban J connectivity index is 2.51. The van der Waals surface area contributed by atoms with Crippen LogP contribution >= 0.6 is 0 Å². The molecule has 1 heterocycles. The average Bonchev–Trinajstić information content (AvgIpc) is 3.27. The van der Waals surface area contributed by atoms with Gasteiger partial charge in [-0.15, -0.1) is 0 Å². The molecule has 12 nitrogen and oxygen atoms in total. The number of rotatable bonds is 37. The lowest BCUT2D eigenvalue weighted by Crippen LogP contribution is -2.60. The molecule has 1 rings (SSSR count). The Morgan fingerprint density at radius 1 is 0.594 bits per heavy atom. The molecule has 0 amide bonds. The van der Waals surface area contributed by atoms with Gasteiger partial charge in [0.1, 0.15) is 30.5 Å². The van der Waals surface area contributed by atoms with Crippen LogP contribution in [0.15, 0.2) is 134 Å². The van der Waals surface area contributed by atoms with Crippen molar-refractivity contribution in [3.63, 3.8) is 0 Å². The molecule has 0 bridgehead atoms. The molecule has 0 aromatic rings. The highest BCUT2D eigenvalue weighted by Gasteiger charge is 2.48. The summed E-state index contributed by atoms with van der Waals surface area (Å²) in [5.41, 5.74) is 0. The van der Waals surface area contributed by atoms with E-state index in [9.17, 15) is 28.5 Å². The number of carbonyl (C=O) groups excluding carboxylic acids is 1. The quantitative estimate of drug-likeness (QED) is 0.0201. The summed E-state index contributed by atoms with van der Waals surface area (Å²) >= 11 is 0. The molecule has 1 fully saturated rings. The van der Waals surface area contributed by atoms with Gasteiger partial charge in [0.2, 0.25) is 0 Å². The van der Waals surface area contributed by atoms with Crippen LogP contribution in [0.5, 0.6) is 0 Å². The lowest BCUT2D eigenvalue weighted by Gasteiger charge is -2.41. The Labute approximate surface area is 384 Å². The van der Waals surface area contributed by atoms with E-state index in [0.717, 1.165) is 83.5 Å². The number of aliphatic hydroxyl groups excluding tert-OH is 3. The smallest absolute Gasteiger partial charge is 0.397 e. The van der Waals surface area contributed by atoms with Crippen LogP contribution in [0.4, 0.5) is 0 Å². The standard InChI is InChI=1S/C51H78O12S/c1-3-5-7-9-11-13-15-17-19-20-21-22-23-24-25-26-27-28-30-32-34-36-38-40-47(53)61-45(43-59-41-39-37-35-33-31-29-18-16-14-12-10-8-6-4-2)44-60-51-49(55)50(63-64(56,57)58)48(54)46(42-52)62-51/h5-8,11-14,17-19,21-22,24-25,27-29,32-35,45-46,48-52,54-55H,3-4,9-10,15-16,20,23,26,30-31,36-44H2,1-2H3,(H,56,57,58)/b7-5-,8-6-,13-11-,14-12-,19-17-,22-21-,25-24-,28-27-,29-18-,34-32-,35-33-. The number of ether oxygens (including phenoxy) is 4. The zero-order chi connectivity index (χ0) is 46.8. The summed E-state index contributed by atoms with van der Waals surface area (Å²) in [5.74, 6) is -0.483. The van der Waals surface area contributed by atoms with E-state index >= 15 is 0 Å². The minimum atomic E-state index is -5.09. The van der Waals surface area contributed by atoms with Crippen molar-refractivity contribution < 1.29 is 56.2 Å². The molecule has 0 spiro atoms. The maximum absolute atomic E-state index is 12.8. The summed E-state index contributed by atoms with van der Waals surface area (Å²) in [6.45, 7) is 3.50. The Kier molecular flexibility index (Phi) is 37.1. The highest BCUT2D eigenvalue weighted by Crippen LogP contribution is 2.26. The summed E-state index contributed by atoms with van der Waals surface area (Å²) in [5, 5.41) is 30.7. The molecule has 1 saturated heterocycles. The van der Waals surface area contributed by atoms with Crippen LogP contribution in [0.1, 0.15) is 117 Å². The van der Waals surface area contributed by atoms with Gasteiger partial charge in [0.15, 0.2) is 6.29 Å². The molecule has 0 aromatic carbocycles. The zero-order valence-corrected chi connectivity index (χ0v) is 39.1. The Morgan fingerprint density at radius 2 is 1.00 bits per heavy atom. The maximum Gasteiger partial charge on any atom is 0.397 e. The number of unbranched alkanes of at least 4 members (excludes halogenated alkanes) is 2. The summed E-state index contributed by atoms with van der Waals surface area (Å²) in [4.78, 5) is 12.8. The molecule has 0 aliphatic carbocycles. The molecule has 0 saturated carbocycles. The first kappa shape index (κ1) is 58.3. The predicted octanol–water partition coefficient (Wildman–Crippen LogP) is 9.96. The summed E-state index contributed by atoms with van der Waals surface area (Å²) in [6.07, 6.45) is 50.8. The lowest BCUT2D eigenvalue weighted by molar-refractivity contribution is -0.301. The van der Waals surface area contributed by atoms with Gasteiger partial charge in [-0.2, -0.15) is 8.42 Å². The normalized spacial score (nSPS) is 21.0. The number of allylic oxidation sites excluding steroid dienone is 22. The van der Waals surface area contributed by atoms with Crippen molar-refractivity contribution in [3.8, 4) is 0 Å². The molecule has 1 aliphatic heterocycles. The Morgan fingerprint density at radius 3 is 1.41 bits per heavy atom. The molecule has 6 unspecified atom stereocenters. The second-order valence-electron chi connectivity index (χ2n) is 14.9. The maximum atomic E-state index is 12.8. The summed E-state index contributed by atoms with van der Waals surface area (Å²) in [7, 11) is -5.09. The Hall–Kier alpha value is -3.76. The second kappa shape index (κ2) is 40.7. The van der Waals surface area contributed by atoms with E-state index in [1.165, 1.54) is 0 Å². The van der Waals surface area contributed by atoms with E-state index in [-0.39, 0.29) is 19.6 Å².